The van der Waals surface area contributed by atoms with Gasteiger partial charge in [-0.15, -0.1) is 0 Å². The standard InChI is InChI=1S/C32H41N5O5/c1-5-20(4)27(36-31(41)42-18-21-11-7-6-8-12-21)29(39)37-32(30(40)35-26(19(2)3)28(33)38)16-15-25-23(17-32)22-13-9-10-14-24(22)34-25/h6-14,19-20,26-27,34H,5,15-18H2,1-4H3,(H2,33,38)(H,35,40)(H,36,41)(H,37,39)/t20-,26-,27-,32+/m0/s1. The molecule has 0 spiro atoms. The number of aryl methyl sites for hydroxylation is 1. The number of carbonyl (C=O) groups is 4. The van der Waals surface area contributed by atoms with E-state index in [1.54, 1.807) is 13.8 Å². The molecule has 2 aromatic carbocycles. The molecule has 0 fully saturated rings. The quantitative estimate of drug-likeness (QED) is 0.237. The van der Waals surface area contributed by atoms with Gasteiger partial charge in [0.15, 0.2) is 0 Å². The summed E-state index contributed by atoms with van der Waals surface area (Å²) in [6.07, 6.45) is 0.869. The summed E-state index contributed by atoms with van der Waals surface area (Å²) in [5, 5.41) is 9.52. The van der Waals surface area contributed by atoms with Crippen LogP contribution < -0.4 is 21.7 Å². The number of nitrogens with one attached hydrogen (secondary N) is 4. The third-order valence-electron chi connectivity index (χ3n) is 8.22. The first-order valence-electron chi connectivity index (χ1n) is 14.5. The van der Waals surface area contributed by atoms with Crippen molar-refractivity contribution in [1.82, 2.24) is 20.9 Å². The lowest BCUT2D eigenvalue weighted by Gasteiger charge is -2.39. The molecule has 0 saturated carbocycles. The molecule has 0 saturated heterocycles. The van der Waals surface area contributed by atoms with Crippen molar-refractivity contribution in [2.75, 3.05) is 0 Å². The highest BCUT2D eigenvalue weighted by Crippen LogP contribution is 2.34. The number of hydrogen-bond donors (Lipinski definition) is 5. The molecule has 0 unspecified atom stereocenters. The van der Waals surface area contributed by atoms with Crippen LogP contribution in [0.3, 0.4) is 0 Å². The highest BCUT2D eigenvalue weighted by molar-refractivity contribution is 5.98. The minimum atomic E-state index is -1.38. The number of carbonyl (C=O) groups excluding carboxylic acids is 4. The van der Waals surface area contributed by atoms with E-state index < -0.39 is 41.4 Å². The molecule has 4 amide bonds. The number of amides is 4. The van der Waals surface area contributed by atoms with Crippen molar-refractivity contribution in [3.05, 3.63) is 71.4 Å². The Balaban J connectivity index is 1.61. The Labute approximate surface area is 246 Å². The average Bonchev–Trinajstić information content (AvgIpc) is 3.34. The lowest BCUT2D eigenvalue weighted by molar-refractivity contribution is -0.137. The van der Waals surface area contributed by atoms with Gasteiger partial charge in [-0.2, -0.15) is 0 Å². The molecule has 1 heterocycles. The van der Waals surface area contributed by atoms with Gasteiger partial charge < -0.3 is 31.4 Å². The fraction of sp³-hybridized carbons (Fsp3) is 0.438. The van der Waals surface area contributed by atoms with Crippen LogP contribution in [0.25, 0.3) is 10.9 Å². The minimum Gasteiger partial charge on any atom is -0.445 e. The topological polar surface area (TPSA) is 155 Å². The summed E-state index contributed by atoms with van der Waals surface area (Å²) in [7, 11) is 0. The first-order valence-corrected chi connectivity index (χ1v) is 14.5. The maximum absolute atomic E-state index is 14.0. The van der Waals surface area contributed by atoms with E-state index in [1.165, 1.54) is 0 Å². The molecule has 4 atom stereocenters. The Morgan fingerprint density at radius 1 is 0.976 bits per heavy atom. The SMILES string of the molecule is CC[C@H](C)[C@H](NC(=O)OCc1ccccc1)C(=O)N[C@]1(C(=O)N[C@H](C(N)=O)C(C)C)CCc2[nH]c3ccccc3c2C1. The van der Waals surface area contributed by atoms with Gasteiger partial charge in [0, 0.05) is 23.0 Å². The van der Waals surface area contributed by atoms with Gasteiger partial charge in [0.05, 0.1) is 0 Å². The Kier molecular flexibility index (Phi) is 9.55. The second-order valence-electron chi connectivity index (χ2n) is 11.5. The molecule has 0 radical (unpaired) electrons. The van der Waals surface area contributed by atoms with Crippen LogP contribution in [0.15, 0.2) is 54.6 Å². The predicted octanol–water partition coefficient (Wildman–Crippen LogP) is 3.48. The van der Waals surface area contributed by atoms with E-state index >= 15 is 0 Å². The summed E-state index contributed by atoms with van der Waals surface area (Å²) >= 11 is 0. The highest BCUT2D eigenvalue weighted by Gasteiger charge is 2.46. The van der Waals surface area contributed by atoms with Crippen LogP contribution in [0.5, 0.6) is 0 Å². The van der Waals surface area contributed by atoms with Crippen molar-refractivity contribution in [1.29, 1.82) is 0 Å². The number of hydrogen-bond acceptors (Lipinski definition) is 5. The second-order valence-corrected chi connectivity index (χ2v) is 11.5. The van der Waals surface area contributed by atoms with E-state index in [0.29, 0.717) is 19.3 Å². The Bertz CT molecular complexity index is 1440. The largest absolute Gasteiger partial charge is 0.445 e. The summed E-state index contributed by atoms with van der Waals surface area (Å²) in [6.45, 7) is 7.42. The van der Waals surface area contributed by atoms with Crippen molar-refractivity contribution >= 4 is 34.7 Å². The normalized spacial score (nSPS) is 18.4. The molecule has 3 aromatic rings. The molecule has 1 aliphatic rings. The van der Waals surface area contributed by atoms with Crippen LogP contribution in [-0.2, 0) is 38.6 Å². The zero-order valence-corrected chi connectivity index (χ0v) is 24.7. The van der Waals surface area contributed by atoms with Crippen molar-refractivity contribution < 1.29 is 23.9 Å². The van der Waals surface area contributed by atoms with Crippen LogP contribution in [0, 0.1) is 11.8 Å². The molecule has 4 rings (SSSR count). The molecule has 6 N–H and O–H groups in total. The van der Waals surface area contributed by atoms with E-state index in [2.05, 4.69) is 20.9 Å². The lowest BCUT2D eigenvalue weighted by Crippen LogP contribution is -2.67. The Hall–Kier alpha value is -4.34. The maximum atomic E-state index is 14.0. The summed E-state index contributed by atoms with van der Waals surface area (Å²) in [5.41, 5.74) is 7.95. The van der Waals surface area contributed by atoms with Gasteiger partial charge in [0.1, 0.15) is 24.2 Å². The van der Waals surface area contributed by atoms with Crippen LogP contribution >= 0.6 is 0 Å². The second kappa shape index (κ2) is 13.1. The monoisotopic (exact) mass is 575 g/mol. The number of fused-ring (bicyclic) bond motifs is 3. The zero-order chi connectivity index (χ0) is 30.4. The maximum Gasteiger partial charge on any atom is 0.408 e. The molecule has 42 heavy (non-hydrogen) atoms. The van der Waals surface area contributed by atoms with E-state index in [9.17, 15) is 19.2 Å². The van der Waals surface area contributed by atoms with Gasteiger partial charge in [-0.1, -0.05) is 82.6 Å². The number of rotatable bonds is 11. The van der Waals surface area contributed by atoms with E-state index in [4.69, 9.17) is 10.5 Å². The van der Waals surface area contributed by atoms with Gasteiger partial charge in [0.25, 0.3) is 0 Å². The van der Waals surface area contributed by atoms with Gasteiger partial charge in [-0.25, -0.2) is 4.79 Å². The molecule has 1 aliphatic carbocycles. The zero-order valence-electron chi connectivity index (χ0n) is 24.7. The molecular weight excluding hydrogens is 534 g/mol. The molecule has 0 aliphatic heterocycles. The lowest BCUT2D eigenvalue weighted by atomic mass is 9.78. The number of H-pyrrole nitrogens is 1. The number of aromatic amines is 1. The van der Waals surface area contributed by atoms with Gasteiger partial charge in [-0.3, -0.25) is 14.4 Å². The predicted molar refractivity (Wildman–Crippen MR) is 160 cm³/mol. The highest BCUT2D eigenvalue weighted by atomic mass is 16.5. The number of alkyl carbamates (subject to hydrolysis) is 1. The van der Waals surface area contributed by atoms with E-state index in [0.717, 1.165) is 27.7 Å². The Morgan fingerprint density at radius 2 is 1.67 bits per heavy atom. The third kappa shape index (κ3) is 6.75. The van der Waals surface area contributed by atoms with Gasteiger partial charge in [-0.05, 0) is 41.9 Å². The molecule has 10 nitrogen and oxygen atoms in total. The van der Waals surface area contributed by atoms with Crippen LogP contribution in [0.2, 0.25) is 0 Å². The summed E-state index contributed by atoms with van der Waals surface area (Å²) in [6, 6.07) is 15.2. The van der Waals surface area contributed by atoms with E-state index in [1.807, 2.05) is 68.4 Å². The molecular formula is C32H41N5O5. The minimum absolute atomic E-state index is 0.0565. The number of ether oxygens (including phenoxy) is 1. The van der Waals surface area contributed by atoms with Crippen molar-refractivity contribution in [2.45, 2.75) is 77.6 Å². The molecule has 224 valence electrons. The molecule has 0 bridgehead atoms. The van der Waals surface area contributed by atoms with Crippen LogP contribution in [-0.4, -0.2) is 46.4 Å². The first-order chi connectivity index (χ1) is 20.0. The summed E-state index contributed by atoms with van der Waals surface area (Å²) < 4.78 is 5.39. The number of para-hydroxylation sites is 1. The molecule has 1 aromatic heterocycles. The van der Waals surface area contributed by atoms with Crippen LogP contribution in [0.4, 0.5) is 4.79 Å². The smallest absolute Gasteiger partial charge is 0.408 e. The fourth-order valence-corrected chi connectivity index (χ4v) is 5.51. The van der Waals surface area contributed by atoms with Crippen molar-refractivity contribution in [3.63, 3.8) is 0 Å². The average molecular weight is 576 g/mol. The first kappa shape index (κ1) is 30.6. The number of aromatic nitrogens is 1. The van der Waals surface area contributed by atoms with Crippen LogP contribution in [0.1, 0.15) is 57.4 Å². The van der Waals surface area contributed by atoms with Gasteiger partial charge in [0.2, 0.25) is 17.7 Å². The number of primary amides is 1. The number of benzene rings is 2. The number of nitrogens with two attached hydrogens (primary N) is 1. The summed E-state index contributed by atoms with van der Waals surface area (Å²) in [4.78, 5) is 56.4. The third-order valence-corrected chi connectivity index (χ3v) is 8.22. The van der Waals surface area contributed by atoms with Crippen molar-refractivity contribution in [3.8, 4) is 0 Å². The fourth-order valence-electron chi connectivity index (χ4n) is 5.51. The van der Waals surface area contributed by atoms with Gasteiger partial charge >= 0.3 is 6.09 Å². The van der Waals surface area contributed by atoms with E-state index in [-0.39, 0.29) is 24.9 Å². The Morgan fingerprint density at radius 3 is 2.33 bits per heavy atom. The molecule has 10 heteroatoms. The summed E-state index contributed by atoms with van der Waals surface area (Å²) in [5.74, 6) is -2.14. The van der Waals surface area contributed by atoms with Crippen molar-refractivity contribution in [2.24, 2.45) is 17.6 Å².